The van der Waals surface area contributed by atoms with Gasteiger partial charge in [-0.25, -0.2) is 0 Å². The predicted octanol–water partition coefficient (Wildman–Crippen LogP) is 14.2. The van der Waals surface area contributed by atoms with E-state index >= 15 is 0 Å². The third kappa shape index (κ3) is 6.23. The lowest BCUT2D eigenvalue weighted by Gasteiger charge is -2.25. The Bertz CT molecular complexity index is 2360. The highest BCUT2D eigenvalue weighted by atomic mass is 15.1. The zero-order valence-corrected chi connectivity index (χ0v) is 29.9. The van der Waals surface area contributed by atoms with Gasteiger partial charge < -0.3 is 9.47 Å². The molecule has 7 aromatic carbocycles. The normalized spacial score (nSPS) is 12.1. The van der Waals surface area contributed by atoms with Gasteiger partial charge in [-0.15, -0.1) is 0 Å². The molecule has 1 atom stereocenters. The van der Waals surface area contributed by atoms with E-state index in [9.17, 15) is 0 Å². The number of rotatable bonds is 9. The highest BCUT2D eigenvalue weighted by Crippen LogP contribution is 2.39. The van der Waals surface area contributed by atoms with E-state index in [-0.39, 0.29) is 0 Å². The van der Waals surface area contributed by atoms with Gasteiger partial charge in [0, 0.05) is 33.5 Å². The monoisotopic (exact) mass is 660 g/mol. The van der Waals surface area contributed by atoms with Crippen molar-refractivity contribution >= 4 is 38.9 Å². The van der Waals surface area contributed by atoms with Crippen LogP contribution in [0.4, 0.5) is 17.1 Å². The summed E-state index contributed by atoms with van der Waals surface area (Å²) in [6.07, 6.45) is 1.15. The number of fused-ring (bicyclic) bond motifs is 3. The summed E-state index contributed by atoms with van der Waals surface area (Å²) in [7, 11) is 0. The van der Waals surface area contributed by atoms with E-state index in [2.05, 4.69) is 207 Å². The first kappa shape index (κ1) is 32.4. The van der Waals surface area contributed by atoms with Gasteiger partial charge in [-0.05, 0) is 124 Å². The van der Waals surface area contributed by atoms with Crippen LogP contribution in [-0.4, -0.2) is 4.57 Å². The number of anilines is 3. The fourth-order valence-corrected chi connectivity index (χ4v) is 7.31. The molecule has 8 rings (SSSR count). The van der Waals surface area contributed by atoms with Crippen molar-refractivity contribution in [1.82, 2.24) is 4.57 Å². The molecule has 8 aromatic rings. The molecule has 2 nitrogen and oxygen atoms in total. The summed E-state index contributed by atoms with van der Waals surface area (Å²) in [4.78, 5) is 2.31. The smallest absolute Gasteiger partial charge is 0.0541 e. The van der Waals surface area contributed by atoms with Gasteiger partial charge in [0.25, 0.3) is 0 Å². The molecule has 0 radical (unpaired) electrons. The van der Waals surface area contributed by atoms with E-state index in [1.165, 1.54) is 60.9 Å². The molecule has 1 unspecified atom stereocenters. The van der Waals surface area contributed by atoms with Crippen molar-refractivity contribution in [2.75, 3.05) is 4.90 Å². The van der Waals surface area contributed by atoms with Crippen LogP contribution in [0.25, 0.3) is 49.7 Å². The molecule has 1 aromatic heterocycles. The minimum absolute atomic E-state index is 0.493. The summed E-state index contributed by atoms with van der Waals surface area (Å²) in [6, 6.07) is 62.3. The molecule has 0 spiro atoms. The van der Waals surface area contributed by atoms with E-state index in [1.807, 2.05) is 0 Å². The zero-order valence-electron chi connectivity index (χ0n) is 29.9. The molecule has 250 valence electrons. The van der Waals surface area contributed by atoms with Crippen molar-refractivity contribution in [3.63, 3.8) is 0 Å². The summed E-state index contributed by atoms with van der Waals surface area (Å²) in [6.45, 7) is 9.06. The van der Waals surface area contributed by atoms with Crippen molar-refractivity contribution < 1.29 is 0 Å². The summed E-state index contributed by atoms with van der Waals surface area (Å²) in [5.41, 5.74) is 14.7. The van der Waals surface area contributed by atoms with E-state index in [4.69, 9.17) is 0 Å². The molecule has 0 bridgehead atoms. The maximum atomic E-state index is 2.43. The lowest BCUT2D eigenvalue weighted by Crippen LogP contribution is -2.09. The minimum Gasteiger partial charge on any atom is -0.311 e. The van der Waals surface area contributed by atoms with Gasteiger partial charge in [-0.1, -0.05) is 125 Å². The molecular weight excluding hydrogens is 617 g/mol. The Hall–Kier alpha value is -5.86. The second-order valence-corrected chi connectivity index (χ2v) is 14.0. The van der Waals surface area contributed by atoms with Gasteiger partial charge in [-0.2, -0.15) is 0 Å². The van der Waals surface area contributed by atoms with Crippen LogP contribution in [0, 0.1) is 0 Å². The predicted molar refractivity (Wildman–Crippen MR) is 219 cm³/mol. The Morgan fingerprint density at radius 2 is 0.882 bits per heavy atom. The average molecular weight is 661 g/mol. The van der Waals surface area contributed by atoms with Crippen LogP contribution in [0.5, 0.6) is 0 Å². The van der Waals surface area contributed by atoms with Crippen LogP contribution in [0.15, 0.2) is 170 Å². The first-order valence-electron chi connectivity index (χ1n) is 18.3. The number of benzene rings is 7. The van der Waals surface area contributed by atoms with Crippen molar-refractivity contribution in [2.24, 2.45) is 0 Å². The first-order chi connectivity index (χ1) is 25.0. The molecule has 0 amide bonds. The van der Waals surface area contributed by atoms with Crippen LogP contribution in [0.1, 0.15) is 57.1 Å². The Balaban J connectivity index is 1.24. The van der Waals surface area contributed by atoms with E-state index in [0.29, 0.717) is 11.8 Å². The number of hydrogen-bond donors (Lipinski definition) is 0. The molecule has 51 heavy (non-hydrogen) atoms. The van der Waals surface area contributed by atoms with Crippen molar-refractivity contribution in [2.45, 2.75) is 46.0 Å². The molecule has 1 heterocycles. The van der Waals surface area contributed by atoms with Gasteiger partial charge in [0.05, 0.1) is 11.0 Å². The largest absolute Gasteiger partial charge is 0.311 e. The lowest BCUT2D eigenvalue weighted by atomic mass is 9.95. The maximum absolute atomic E-state index is 2.43. The zero-order chi connectivity index (χ0) is 34.9. The molecule has 2 heteroatoms. The van der Waals surface area contributed by atoms with Crippen LogP contribution >= 0.6 is 0 Å². The topological polar surface area (TPSA) is 8.17 Å². The molecule has 0 saturated heterocycles. The summed E-state index contributed by atoms with van der Waals surface area (Å²) in [5.74, 6) is 1.06. The number of nitrogens with zero attached hydrogens (tertiary/aromatic N) is 2. The molecule has 0 aliphatic carbocycles. The molecule has 0 aliphatic rings. The van der Waals surface area contributed by atoms with E-state index in [1.54, 1.807) is 0 Å². The lowest BCUT2D eigenvalue weighted by molar-refractivity contribution is 0.734. The standard InChI is InChI=1S/C49H44N2/c1-5-35(4)37-16-18-38(19-17-37)40-24-30-48-46(32-40)47-33-41(25-31-49(47)51(48)45-26-20-36(21-27-45)34(2)3)39-22-28-44(29-23-39)50(42-12-8-6-9-13-42)43-14-10-7-11-15-43/h6-35H,5H2,1-4H3. The van der Waals surface area contributed by atoms with Crippen LogP contribution in [0.3, 0.4) is 0 Å². The van der Waals surface area contributed by atoms with E-state index < -0.39 is 0 Å². The van der Waals surface area contributed by atoms with Crippen LogP contribution in [-0.2, 0) is 0 Å². The quantitative estimate of drug-likeness (QED) is 0.150. The Labute approximate surface area is 302 Å². The molecule has 0 aliphatic heterocycles. The molecule has 0 fully saturated rings. The Kier molecular flexibility index (Phi) is 8.76. The average Bonchev–Trinajstić information content (AvgIpc) is 3.52. The molecular formula is C49H44N2. The molecule has 0 N–H and O–H groups in total. The fourth-order valence-electron chi connectivity index (χ4n) is 7.31. The van der Waals surface area contributed by atoms with Gasteiger partial charge in [-0.3, -0.25) is 0 Å². The van der Waals surface area contributed by atoms with Crippen molar-refractivity contribution in [3.8, 4) is 27.9 Å². The summed E-state index contributed by atoms with van der Waals surface area (Å²) >= 11 is 0. The second kappa shape index (κ2) is 13.8. The van der Waals surface area contributed by atoms with Gasteiger partial charge in [0.15, 0.2) is 0 Å². The highest BCUT2D eigenvalue weighted by molar-refractivity contribution is 6.11. The Morgan fingerprint density at radius 3 is 1.35 bits per heavy atom. The van der Waals surface area contributed by atoms with Gasteiger partial charge >= 0.3 is 0 Å². The number of hydrogen-bond acceptors (Lipinski definition) is 1. The second-order valence-electron chi connectivity index (χ2n) is 14.0. The highest BCUT2D eigenvalue weighted by Gasteiger charge is 2.16. The third-order valence-electron chi connectivity index (χ3n) is 10.5. The fraction of sp³-hybridized carbons (Fsp3) is 0.143. The number of aromatic nitrogens is 1. The summed E-state index contributed by atoms with van der Waals surface area (Å²) in [5, 5.41) is 2.52. The van der Waals surface area contributed by atoms with Gasteiger partial charge in [0.1, 0.15) is 0 Å². The van der Waals surface area contributed by atoms with Crippen molar-refractivity contribution in [1.29, 1.82) is 0 Å². The number of para-hydroxylation sites is 2. The van der Waals surface area contributed by atoms with Crippen molar-refractivity contribution in [3.05, 3.63) is 181 Å². The van der Waals surface area contributed by atoms with Gasteiger partial charge in [0.2, 0.25) is 0 Å². The third-order valence-corrected chi connectivity index (χ3v) is 10.5. The summed E-state index contributed by atoms with van der Waals surface area (Å²) < 4.78 is 2.43. The first-order valence-corrected chi connectivity index (χ1v) is 18.3. The van der Waals surface area contributed by atoms with E-state index in [0.717, 1.165) is 23.5 Å². The van der Waals surface area contributed by atoms with Crippen LogP contribution < -0.4 is 4.90 Å². The maximum Gasteiger partial charge on any atom is 0.0541 e. The Morgan fingerprint density at radius 1 is 0.451 bits per heavy atom. The minimum atomic E-state index is 0.493. The SMILES string of the molecule is CCC(C)c1ccc(-c2ccc3c(c2)c2cc(-c4ccc(N(c5ccccc5)c5ccccc5)cc4)ccc2n3-c2ccc(C(C)C)cc2)cc1. The molecule has 0 saturated carbocycles. The van der Waals surface area contributed by atoms with Crippen LogP contribution in [0.2, 0.25) is 0 Å².